The molecule has 3 heteroatoms. The molecule has 1 aromatic carbocycles. The molecule has 1 rings (SSSR count). The van der Waals surface area contributed by atoms with E-state index in [4.69, 9.17) is 0 Å². The van der Waals surface area contributed by atoms with Gasteiger partial charge in [0.15, 0.2) is 0 Å². The molecule has 0 aliphatic heterocycles. The Labute approximate surface area is 101 Å². The van der Waals surface area contributed by atoms with Crippen LogP contribution < -0.4 is 0 Å². The van der Waals surface area contributed by atoms with Crippen LogP contribution in [-0.4, -0.2) is 16.8 Å². The summed E-state index contributed by atoms with van der Waals surface area (Å²) < 4.78 is 0. The lowest BCUT2D eigenvalue weighted by Gasteiger charge is -2.13. The molecule has 0 aromatic heterocycles. The Morgan fingerprint density at radius 3 is 2.44 bits per heavy atom. The van der Waals surface area contributed by atoms with Gasteiger partial charge in [0.1, 0.15) is 5.25 Å². The van der Waals surface area contributed by atoms with E-state index < -0.39 is 11.2 Å². The second-order valence-corrected chi connectivity index (χ2v) is 5.40. The van der Waals surface area contributed by atoms with E-state index in [-0.39, 0.29) is 0 Å². The highest BCUT2D eigenvalue weighted by molar-refractivity contribution is 8.00. The summed E-state index contributed by atoms with van der Waals surface area (Å²) in [4.78, 5) is 11.2. The molecule has 0 radical (unpaired) electrons. The maximum absolute atomic E-state index is 11.2. The predicted octanol–water partition coefficient (Wildman–Crippen LogP) is 3.59. The van der Waals surface area contributed by atoms with Crippen molar-refractivity contribution in [2.24, 2.45) is 5.92 Å². The second-order valence-electron chi connectivity index (χ2n) is 4.18. The lowest BCUT2D eigenvalue weighted by molar-refractivity contribution is -0.136. The van der Waals surface area contributed by atoms with Crippen LogP contribution in [0.3, 0.4) is 0 Å². The normalized spacial score (nSPS) is 12.7. The molecule has 1 atom stereocenters. The van der Waals surface area contributed by atoms with E-state index in [9.17, 15) is 9.90 Å². The molecule has 0 amide bonds. The molecule has 0 spiro atoms. The van der Waals surface area contributed by atoms with E-state index in [2.05, 4.69) is 13.8 Å². The molecule has 16 heavy (non-hydrogen) atoms. The van der Waals surface area contributed by atoms with Crippen molar-refractivity contribution in [3.63, 3.8) is 0 Å². The minimum absolute atomic E-state index is 0.431. The first-order chi connectivity index (χ1) is 7.61. The highest BCUT2D eigenvalue weighted by atomic mass is 32.2. The maximum atomic E-state index is 11.2. The molecular weight excluding hydrogens is 220 g/mol. The van der Waals surface area contributed by atoms with Gasteiger partial charge in [-0.2, -0.15) is 0 Å². The van der Waals surface area contributed by atoms with Gasteiger partial charge in [0.25, 0.3) is 0 Å². The van der Waals surface area contributed by atoms with Crippen molar-refractivity contribution in [2.45, 2.75) is 25.5 Å². The Kier molecular flexibility index (Phi) is 5.39. The van der Waals surface area contributed by atoms with Crippen molar-refractivity contribution < 1.29 is 9.90 Å². The SMILES string of the molecule is CC(C)CCSC(C(=O)O)c1ccccc1. The number of hydrogen-bond acceptors (Lipinski definition) is 2. The van der Waals surface area contributed by atoms with Crippen LogP contribution in [0.1, 0.15) is 31.1 Å². The van der Waals surface area contributed by atoms with Gasteiger partial charge in [-0.15, -0.1) is 11.8 Å². The van der Waals surface area contributed by atoms with E-state index >= 15 is 0 Å². The fourth-order valence-electron chi connectivity index (χ4n) is 1.36. The van der Waals surface area contributed by atoms with Gasteiger partial charge in [-0.25, -0.2) is 0 Å². The highest BCUT2D eigenvalue weighted by Crippen LogP contribution is 2.30. The molecule has 0 saturated heterocycles. The summed E-state index contributed by atoms with van der Waals surface area (Å²) in [5.41, 5.74) is 0.878. The lowest BCUT2D eigenvalue weighted by Crippen LogP contribution is -2.09. The highest BCUT2D eigenvalue weighted by Gasteiger charge is 2.19. The van der Waals surface area contributed by atoms with Crippen molar-refractivity contribution in [3.05, 3.63) is 35.9 Å². The minimum Gasteiger partial charge on any atom is -0.480 e. The molecule has 0 bridgehead atoms. The molecule has 0 aliphatic rings. The Bertz CT molecular complexity index is 322. The first-order valence-corrected chi connectivity index (χ1v) is 6.55. The van der Waals surface area contributed by atoms with Gasteiger partial charge in [-0.3, -0.25) is 4.79 Å². The number of aliphatic carboxylic acids is 1. The quantitative estimate of drug-likeness (QED) is 0.823. The molecule has 0 aliphatic carbocycles. The van der Waals surface area contributed by atoms with Crippen LogP contribution in [0, 0.1) is 5.92 Å². The summed E-state index contributed by atoms with van der Waals surface area (Å²) >= 11 is 1.51. The number of carboxylic acids is 1. The third-order valence-electron chi connectivity index (χ3n) is 2.31. The van der Waals surface area contributed by atoms with E-state index in [0.29, 0.717) is 5.92 Å². The topological polar surface area (TPSA) is 37.3 Å². The summed E-state index contributed by atoms with van der Waals surface area (Å²) in [5, 5.41) is 8.74. The lowest BCUT2D eigenvalue weighted by atomic mass is 10.1. The fourth-order valence-corrected chi connectivity index (χ4v) is 2.69. The summed E-state index contributed by atoms with van der Waals surface area (Å²) in [6.45, 7) is 4.30. The average molecular weight is 238 g/mol. The van der Waals surface area contributed by atoms with Gasteiger partial charge in [-0.05, 0) is 23.7 Å². The van der Waals surface area contributed by atoms with Crippen LogP contribution in [0.15, 0.2) is 30.3 Å². The zero-order chi connectivity index (χ0) is 12.0. The van der Waals surface area contributed by atoms with Gasteiger partial charge in [0.05, 0.1) is 0 Å². The van der Waals surface area contributed by atoms with Crippen LogP contribution >= 0.6 is 11.8 Å². The first kappa shape index (κ1) is 13.1. The Morgan fingerprint density at radius 1 is 1.31 bits per heavy atom. The van der Waals surface area contributed by atoms with Gasteiger partial charge in [0.2, 0.25) is 0 Å². The van der Waals surface area contributed by atoms with Gasteiger partial charge in [-0.1, -0.05) is 44.2 Å². The molecule has 88 valence electrons. The van der Waals surface area contributed by atoms with Crippen molar-refractivity contribution >= 4 is 17.7 Å². The number of thioether (sulfide) groups is 1. The number of rotatable bonds is 6. The van der Waals surface area contributed by atoms with Gasteiger partial charge in [0, 0.05) is 0 Å². The van der Waals surface area contributed by atoms with Crippen LogP contribution in [-0.2, 0) is 4.79 Å². The van der Waals surface area contributed by atoms with Crippen molar-refractivity contribution in [1.29, 1.82) is 0 Å². The largest absolute Gasteiger partial charge is 0.480 e. The van der Waals surface area contributed by atoms with Crippen LogP contribution in [0.5, 0.6) is 0 Å². The van der Waals surface area contributed by atoms with Gasteiger partial charge >= 0.3 is 5.97 Å². The molecule has 1 aromatic rings. The molecule has 0 saturated carbocycles. The van der Waals surface area contributed by atoms with Crippen LogP contribution in [0.25, 0.3) is 0 Å². The number of benzene rings is 1. The van der Waals surface area contributed by atoms with E-state index in [1.165, 1.54) is 11.8 Å². The molecule has 1 N–H and O–H groups in total. The Morgan fingerprint density at radius 2 is 1.94 bits per heavy atom. The molecule has 0 fully saturated rings. The summed E-state index contributed by atoms with van der Waals surface area (Å²) in [6.07, 6.45) is 1.06. The fraction of sp³-hybridized carbons (Fsp3) is 0.462. The summed E-state index contributed by atoms with van der Waals surface area (Å²) in [5.74, 6) is 0.765. The monoisotopic (exact) mass is 238 g/mol. The number of carbonyl (C=O) groups is 1. The zero-order valence-corrected chi connectivity index (χ0v) is 10.5. The average Bonchev–Trinajstić information content (AvgIpc) is 2.25. The third-order valence-corrected chi connectivity index (χ3v) is 3.58. The minimum atomic E-state index is -0.750. The smallest absolute Gasteiger partial charge is 0.321 e. The van der Waals surface area contributed by atoms with E-state index in [1.54, 1.807) is 0 Å². The van der Waals surface area contributed by atoms with E-state index in [1.807, 2.05) is 30.3 Å². The van der Waals surface area contributed by atoms with E-state index in [0.717, 1.165) is 17.7 Å². The van der Waals surface area contributed by atoms with Crippen LogP contribution in [0.4, 0.5) is 0 Å². The predicted molar refractivity (Wildman–Crippen MR) is 68.7 cm³/mol. The Balaban J connectivity index is 2.59. The number of carboxylic acid groups (broad SMARTS) is 1. The molecule has 0 heterocycles. The second kappa shape index (κ2) is 6.59. The van der Waals surface area contributed by atoms with Crippen molar-refractivity contribution in [2.75, 3.05) is 5.75 Å². The third kappa shape index (κ3) is 4.27. The van der Waals surface area contributed by atoms with Crippen LogP contribution in [0.2, 0.25) is 0 Å². The summed E-state index contributed by atoms with van der Waals surface area (Å²) in [7, 11) is 0. The standard InChI is InChI=1S/C13H18O2S/c1-10(2)8-9-16-12(13(14)15)11-6-4-3-5-7-11/h3-7,10,12H,8-9H2,1-2H3,(H,14,15). The number of hydrogen-bond donors (Lipinski definition) is 1. The van der Waals surface area contributed by atoms with Gasteiger partial charge < -0.3 is 5.11 Å². The van der Waals surface area contributed by atoms with Crippen molar-refractivity contribution in [1.82, 2.24) is 0 Å². The molecular formula is C13H18O2S. The molecule has 1 unspecified atom stereocenters. The zero-order valence-electron chi connectivity index (χ0n) is 9.72. The van der Waals surface area contributed by atoms with Crippen molar-refractivity contribution in [3.8, 4) is 0 Å². The molecule has 2 nitrogen and oxygen atoms in total. The maximum Gasteiger partial charge on any atom is 0.321 e. The summed E-state index contributed by atoms with van der Waals surface area (Å²) in [6, 6.07) is 9.42. The first-order valence-electron chi connectivity index (χ1n) is 5.50. The Hall–Kier alpha value is -0.960.